The summed E-state index contributed by atoms with van der Waals surface area (Å²) in [6, 6.07) is 10.2. The minimum absolute atomic E-state index is 0.00235. The van der Waals surface area contributed by atoms with E-state index in [1.54, 1.807) is 6.20 Å². The van der Waals surface area contributed by atoms with Gasteiger partial charge >= 0.3 is 12.1 Å². The second kappa shape index (κ2) is 11.0. The third-order valence-electron chi connectivity index (χ3n) is 9.93. The Hall–Kier alpha value is -3.82. The smallest absolute Gasteiger partial charge is 0.414 e. The fourth-order valence-corrected chi connectivity index (χ4v) is 7.60. The number of carbonyl (C=O) groups excluding carboxylic acids is 2. The largest absolute Gasteiger partial charge is 0.459 e. The molecule has 8 nitrogen and oxygen atoms in total. The lowest BCUT2D eigenvalue weighted by Gasteiger charge is -2.54. The van der Waals surface area contributed by atoms with E-state index in [9.17, 15) is 18.4 Å². The Morgan fingerprint density at radius 2 is 1.95 bits per heavy atom. The number of fused-ring (bicyclic) bond motifs is 3. The van der Waals surface area contributed by atoms with Gasteiger partial charge < -0.3 is 9.47 Å². The van der Waals surface area contributed by atoms with E-state index in [4.69, 9.17) is 9.47 Å². The number of anilines is 1. The van der Waals surface area contributed by atoms with Crippen molar-refractivity contribution in [1.82, 2.24) is 15.0 Å². The normalized spacial score (nSPS) is 26.7. The van der Waals surface area contributed by atoms with E-state index < -0.39 is 29.2 Å². The number of halogens is 2. The van der Waals surface area contributed by atoms with Crippen molar-refractivity contribution in [2.45, 2.75) is 90.4 Å². The van der Waals surface area contributed by atoms with Crippen LogP contribution in [-0.2, 0) is 39.3 Å². The summed E-state index contributed by atoms with van der Waals surface area (Å²) < 4.78 is 39.8. The fraction of sp³-hybridized carbons (Fsp3) is 0.515. The van der Waals surface area contributed by atoms with Crippen molar-refractivity contribution in [3.05, 3.63) is 76.6 Å². The quantitative estimate of drug-likeness (QED) is 0.293. The van der Waals surface area contributed by atoms with Crippen LogP contribution in [0.1, 0.15) is 81.7 Å². The van der Waals surface area contributed by atoms with Crippen LogP contribution in [-0.4, -0.2) is 39.7 Å². The van der Waals surface area contributed by atoms with E-state index in [0.29, 0.717) is 11.6 Å². The maximum Gasteiger partial charge on any atom is 0.414 e. The number of amides is 1. The molecule has 1 saturated heterocycles. The number of carbonyl (C=O) groups is 2. The van der Waals surface area contributed by atoms with Crippen molar-refractivity contribution in [1.29, 1.82) is 0 Å². The standard InChI is InChI=1S/C33H38F2N4O4/c1-20(2)21-6-9-26-22(14-21)7-11-29-32(26,3)12-5-13-33(29,4)30(40)42-19-23-16-38(37-36-23)17-25-18-39(31(41)43-25)24-8-10-27(34)28(35)15-24/h6,8-10,14-16,20,25,29H,5,7,11-13,17-19H2,1-4H3/t25?,29-,32-,33-/m1/s1. The summed E-state index contributed by atoms with van der Waals surface area (Å²) in [5.74, 6) is -1.56. The fourth-order valence-electron chi connectivity index (χ4n) is 7.60. The van der Waals surface area contributed by atoms with Crippen LogP contribution in [0.3, 0.4) is 0 Å². The number of aromatic nitrogens is 3. The van der Waals surface area contributed by atoms with Gasteiger partial charge in [0.15, 0.2) is 11.6 Å². The Balaban J connectivity index is 1.08. The predicted molar refractivity (Wildman–Crippen MR) is 155 cm³/mol. The van der Waals surface area contributed by atoms with E-state index in [-0.39, 0.29) is 42.7 Å². The van der Waals surface area contributed by atoms with Gasteiger partial charge in [0.25, 0.3) is 0 Å². The first-order valence-corrected chi connectivity index (χ1v) is 15.1. The molecule has 0 radical (unpaired) electrons. The molecule has 3 aromatic rings. The Labute approximate surface area is 250 Å². The van der Waals surface area contributed by atoms with Gasteiger partial charge in [0.2, 0.25) is 0 Å². The zero-order valence-electron chi connectivity index (χ0n) is 25.1. The summed E-state index contributed by atoms with van der Waals surface area (Å²) in [4.78, 5) is 27.3. The third kappa shape index (κ3) is 5.29. The second-order valence-corrected chi connectivity index (χ2v) is 13.1. The molecular formula is C33H38F2N4O4. The van der Waals surface area contributed by atoms with Gasteiger partial charge in [0, 0.05) is 6.07 Å². The number of nitrogens with zero attached hydrogens (tertiary/aromatic N) is 4. The van der Waals surface area contributed by atoms with Crippen LogP contribution in [0.4, 0.5) is 19.3 Å². The molecule has 0 bridgehead atoms. The minimum Gasteiger partial charge on any atom is -0.459 e. The molecule has 4 atom stereocenters. The number of benzene rings is 2. The zero-order valence-corrected chi connectivity index (χ0v) is 25.1. The molecule has 0 N–H and O–H groups in total. The molecule has 1 aromatic heterocycles. The van der Waals surface area contributed by atoms with Crippen molar-refractivity contribution in [2.75, 3.05) is 11.4 Å². The van der Waals surface area contributed by atoms with E-state index in [1.807, 2.05) is 0 Å². The summed E-state index contributed by atoms with van der Waals surface area (Å²) in [7, 11) is 0. The number of rotatable bonds is 7. The molecule has 43 heavy (non-hydrogen) atoms. The van der Waals surface area contributed by atoms with Crippen LogP contribution in [0.2, 0.25) is 0 Å². The van der Waals surface area contributed by atoms with E-state index in [2.05, 4.69) is 56.2 Å². The molecule has 2 heterocycles. The first-order chi connectivity index (χ1) is 20.5. The van der Waals surface area contributed by atoms with Crippen LogP contribution in [0.15, 0.2) is 42.6 Å². The third-order valence-corrected chi connectivity index (χ3v) is 9.93. The Morgan fingerprint density at radius 3 is 2.72 bits per heavy atom. The number of cyclic esters (lactones) is 1. The van der Waals surface area contributed by atoms with Crippen molar-refractivity contribution in [3.63, 3.8) is 0 Å². The Kier molecular flexibility index (Phi) is 7.50. The summed E-state index contributed by atoms with van der Waals surface area (Å²) in [6.07, 6.45) is 5.17. The molecule has 228 valence electrons. The van der Waals surface area contributed by atoms with Gasteiger partial charge in [-0.05, 0) is 78.7 Å². The molecule has 2 aromatic carbocycles. The summed E-state index contributed by atoms with van der Waals surface area (Å²) >= 11 is 0. The average molecular weight is 593 g/mol. The van der Waals surface area contributed by atoms with Crippen LogP contribution < -0.4 is 4.90 Å². The molecule has 1 saturated carbocycles. The van der Waals surface area contributed by atoms with Crippen LogP contribution in [0.25, 0.3) is 0 Å². The van der Waals surface area contributed by atoms with Crippen LogP contribution >= 0.6 is 0 Å². The Bertz CT molecular complexity index is 1560. The second-order valence-electron chi connectivity index (χ2n) is 13.1. The number of ether oxygens (including phenoxy) is 2. The maximum atomic E-state index is 13.7. The number of aryl methyl sites for hydroxylation is 1. The highest BCUT2D eigenvalue weighted by atomic mass is 19.2. The van der Waals surface area contributed by atoms with Gasteiger partial charge in [0.05, 0.1) is 30.4 Å². The topological polar surface area (TPSA) is 86.5 Å². The van der Waals surface area contributed by atoms with Crippen molar-refractivity contribution >= 4 is 17.7 Å². The molecule has 1 unspecified atom stereocenters. The molecule has 6 rings (SSSR count). The maximum absolute atomic E-state index is 13.7. The van der Waals surface area contributed by atoms with E-state index >= 15 is 0 Å². The van der Waals surface area contributed by atoms with Gasteiger partial charge in [-0.1, -0.05) is 50.6 Å². The molecule has 1 amide bonds. The van der Waals surface area contributed by atoms with Gasteiger partial charge in [-0.15, -0.1) is 5.10 Å². The lowest BCUT2D eigenvalue weighted by atomic mass is 9.49. The average Bonchev–Trinajstić information content (AvgIpc) is 3.58. The highest BCUT2D eigenvalue weighted by Gasteiger charge is 2.55. The predicted octanol–water partition coefficient (Wildman–Crippen LogP) is 6.46. The number of hydrogen-bond donors (Lipinski definition) is 0. The van der Waals surface area contributed by atoms with Gasteiger partial charge in [-0.25, -0.2) is 18.3 Å². The van der Waals surface area contributed by atoms with Crippen LogP contribution in [0, 0.1) is 23.0 Å². The number of hydrogen-bond acceptors (Lipinski definition) is 6. The lowest BCUT2D eigenvalue weighted by Crippen LogP contribution is -2.52. The van der Waals surface area contributed by atoms with Gasteiger partial charge in [-0.2, -0.15) is 0 Å². The van der Waals surface area contributed by atoms with Gasteiger partial charge in [-0.3, -0.25) is 9.69 Å². The summed E-state index contributed by atoms with van der Waals surface area (Å²) in [5.41, 5.74) is 4.19. The minimum atomic E-state index is -1.04. The highest BCUT2D eigenvalue weighted by molar-refractivity contribution is 5.89. The first kappa shape index (κ1) is 29.3. The molecule has 1 aliphatic heterocycles. The Morgan fingerprint density at radius 1 is 1.14 bits per heavy atom. The first-order valence-electron chi connectivity index (χ1n) is 15.1. The monoisotopic (exact) mass is 592 g/mol. The van der Waals surface area contributed by atoms with Crippen molar-refractivity contribution in [2.24, 2.45) is 11.3 Å². The molecule has 2 aliphatic carbocycles. The molecule has 3 aliphatic rings. The molecule has 0 spiro atoms. The molecule has 10 heteroatoms. The van der Waals surface area contributed by atoms with Crippen molar-refractivity contribution < 1.29 is 27.8 Å². The van der Waals surface area contributed by atoms with E-state index in [0.717, 1.165) is 44.2 Å². The molecular weight excluding hydrogens is 554 g/mol. The summed E-state index contributed by atoms with van der Waals surface area (Å²) in [6.45, 7) is 9.18. The lowest BCUT2D eigenvalue weighted by molar-refractivity contribution is -0.166. The van der Waals surface area contributed by atoms with Crippen molar-refractivity contribution in [3.8, 4) is 0 Å². The van der Waals surface area contributed by atoms with Crippen LogP contribution in [0.5, 0.6) is 0 Å². The van der Waals surface area contributed by atoms with Gasteiger partial charge in [0.1, 0.15) is 18.4 Å². The molecule has 2 fully saturated rings. The zero-order chi connectivity index (χ0) is 30.5. The highest BCUT2D eigenvalue weighted by Crippen LogP contribution is 2.57. The summed E-state index contributed by atoms with van der Waals surface area (Å²) in [5, 5.41) is 8.27. The number of esters is 1. The SMILES string of the molecule is CC(C)c1ccc2c(c1)CC[C@H]1[C@](C)(C(=O)OCc3cn(CC4CN(c5ccc(F)c(F)c5)C(=O)O4)nn3)CCC[C@]21C. The van der Waals surface area contributed by atoms with E-state index in [1.165, 1.54) is 32.3 Å².